The fourth-order valence-electron chi connectivity index (χ4n) is 2.21. The van der Waals surface area contributed by atoms with Gasteiger partial charge < -0.3 is 9.94 Å². The smallest absolute Gasteiger partial charge is 0.294 e. The van der Waals surface area contributed by atoms with Crippen molar-refractivity contribution in [3.63, 3.8) is 0 Å². The number of rotatable bonds is 2. The van der Waals surface area contributed by atoms with E-state index in [1.807, 2.05) is 0 Å². The van der Waals surface area contributed by atoms with E-state index in [0.29, 0.717) is 21.1 Å². The molecule has 0 amide bonds. The molecule has 1 N–H and O–H groups in total. The highest BCUT2D eigenvalue weighted by atomic mass is 35.5. The molecule has 0 bridgehead atoms. The third-order valence-electron chi connectivity index (χ3n) is 3.22. The molecule has 7 heteroatoms. The molecule has 0 aliphatic carbocycles. The molecule has 0 aliphatic heterocycles. The Morgan fingerprint density at radius 3 is 2.68 bits per heavy atom. The van der Waals surface area contributed by atoms with Gasteiger partial charge in [0.05, 0.1) is 28.6 Å². The Hall–Kier alpha value is -2.24. The maximum Gasteiger partial charge on any atom is 0.294 e. The highest BCUT2D eigenvalue weighted by Crippen LogP contribution is 2.30. The minimum Gasteiger partial charge on any atom is -0.496 e. The van der Waals surface area contributed by atoms with Gasteiger partial charge in [-0.2, -0.15) is 0 Å². The second kappa shape index (κ2) is 5.51. The number of methoxy groups -OCH3 is 1. The Balaban J connectivity index is 2.42. The largest absolute Gasteiger partial charge is 0.496 e. The van der Waals surface area contributed by atoms with Crippen LogP contribution in [0.3, 0.4) is 0 Å². The van der Waals surface area contributed by atoms with Gasteiger partial charge in [0.25, 0.3) is 5.56 Å². The average molecular weight is 337 g/mol. The normalized spacial score (nSPS) is 10.9. The molecule has 0 aliphatic rings. The first-order chi connectivity index (χ1) is 10.5. The van der Waals surface area contributed by atoms with Crippen LogP contribution in [0.25, 0.3) is 22.3 Å². The van der Waals surface area contributed by atoms with Gasteiger partial charge in [-0.25, -0.2) is 4.98 Å². The third kappa shape index (κ3) is 2.28. The highest BCUT2D eigenvalue weighted by Gasteiger charge is 2.17. The van der Waals surface area contributed by atoms with Crippen LogP contribution in [-0.4, -0.2) is 22.0 Å². The van der Waals surface area contributed by atoms with Crippen LogP contribution >= 0.6 is 23.2 Å². The molecule has 0 saturated heterocycles. The number of hydrogen-bond donors (Lipinski definition) is 1. The van der Waals surface area contributed by atoms with Crippen LogP contribution in [0, 0.1) is 0 Å². The summed E-state index contributed by atoms with van der Waals surface area (Å²) >= 11 is 12.0. The van der Waals surface area contributed by atoms with Crippen LogP contribution < -0.4 is 10.3 Å². The molecule has 5 nitrogen and oxygen atoms in total. The molecular weight excluding hydrogens is 327 g/mol. The second-order valence-corrected chi connectivity index (χ2v) is 5.38. The van der Waals surface area contributed by atoms with E-state index in [4.69, 9.17) is 27.9 Å². The van der Waals surface area contributed by atoms with E-state index in [1.165, 1.54) is 19.2 Å². The molecule has 0 fully saturated rings. The number of benzene rings is 2. The van der Waals surface area contributed by atoms with E-state index >= 15 is 0 Å². The molecule has 112 valence electrons. The Bertz CT molecular complexity index is 938. The average Bonchev–Trinajstić information content (AvgIpc) is 2.51. The van der Waals surface area contributed by atoms with Gasteiger partial charge in [0, 0.05) is 5.02 Å². The van der Waals surface area contributed by atoms with Gasteiger partial charge in [-0.3, -0.25) is 4.79 Å². The maximum absolute atomic E-state index is 12.3. The van der Waals surface area contributed by atoms with Crippen molar-refractivity contribution in [2.24, 2.45) is 0 Å². The van der Waals surface area contributed by atoms with Crippen molar-refractivity contribution in [2.75, 3.05) is 7.11 Å². The second-order valence-electron chi connectivity index (χ2n) is 4.54. The molecule has 22 heavy (non-hydrogen) atoms. The summed E-state index contributed by atoms with van der Waals surface area (Å²) in [5.41, 5.74) is 0.0788. The van der Waals surface area contributed by atoms with E-state index in [2.05, 4.69) is 4.98 Å². The van der Waals surface area contributed by atoms with Gasteiger partial charge in [0.15, 0.2) is 5.82 Å². The Labute approximate surface area is 135 Å². The Kier molecular flexibility index (Phi) is 3.68. The number of aromatic nitrogens is 2. The van der Waals surface area contributed by atoms with E-state index < -0.39 is 5.56 Å². The summed E-state index contributed by atoms with van der Waals surface area (Å²) in [7, 11) is 1.49. The summed E-state index contributed by atoms with van der Waals surface area (Å²) in [6, 6.07) is 9.81. The zero-order valence-corrected chi connectivity index (χ0v) is 12.9. The number of halogens is 2. The minimum absolute atomic E-state index is 0.0409. The standard InChI is InChI=1S/C15H10Cl2N2O3/c1-22-12-5-3-2-4-9(12)14-18-13-10(15(20)19(14)21)6-8(16)7-11(13)17/h2-7,21H,1H3. The van der Waals surface area contributed by atoms with E-state index in [9.17, 15) is 10.0 Å². The van der Waals surface area contributed by atoms with Gasteiger partial charge in [-0.15, -0.1) is 4.73 Å². The van der Waals surface area contributed by atoms with E-state index in [1.54, 1.807) is 24.3 Å². The van der Waals surface area contributed by atoms with Crippen molar-refractivity contribution < 1.29 is 9.94 Å². The van der Waals surface area contributed by atoms with Crippen LogP contribution in [0.5, 0.6) is 5.75 Å². The SMILES string of the molecule is COc1ccccc1-c1nc2c(Cl)cc(Cl)cc2c(=O)n1O. The van der Waals surface area contributed by atoms with E-state index in [0.717, 1.165) is 0 Å². The number of fused-ring (bicyclic) bond motifs is 1. The van der Waals surface area contributed by atoms with Gasteiger partial charge in [-0.1, -0.05) is 35.3 Å². The summed E-state index contributed by atoms with van der Waals surface area (Å²) in [5, 5.41) is 10.8. The van der Waals surface area contributed by atoms with Crippen molar-refractivity contribution >= 4 is 34.1 Å². The van der Waals surface area contributed by atoms with E-state index in [-0.39, 0.29) is 21.7 Å². The van der Waals surface area contributed by atoms with Crippen LogP contribution in [0.2, 0.25) is 10.0 Å². The molecule has 1 aromatic heterocycles. The topological polar surface area (TPSA) is 64.3 Å². The van der Waals surface area contributed by atoms with Crippen molar-refractivity contribution in [1.82, 2.24) is 9.71 Å². The molecule has 1 heterocycles. The Morgan fingerprint density at radius 2 is 1.95 bits per heavy atom. The third-order valence-corrected chi connectivity index (χ3v) is 3.72. The molecule has 3 aromatic rings. The molecule has 0 atom stereocenters. The zero-order valence-electron chi connectivity index (χ0n) is 11.4. The lowest BCUT2D eigenvalue weighted by atomic mass is 10.1. The molecule has 0 unspecified atom stereocenters. The highest BCUT2D eigenvalue weighted by molar-refractivity contribution is 6.38. The minimum atomic E-state index is -0.657. The molecule has 2 aromatic carbocycles. The first kappa shape index (κ1) is 14.7. The van der Waals surface area contributed by atoms with Crippen molar-refractivity contribution in [3.8, 4) is 17.1 Å². The van der Waals surface area contributed by atoms with Gasteiger partial charge >= 0.3 is 0 Å². The predicted molar refractivity (Wildman–Crippen MR) is 85.2 cm³/mol. The van der Waals surface area contributed by atoms with Crippen LogP contribution in [0.1, 0.15) is 0 Å². The maximum atomic E-state index is 12.3. The number of nitrogens with zero attached hydrogens (tertiary/aromatic N) is 2. The molecular formula is C15H10Cl2N2O3. The predicted octanol–water partition coefficient (Wildman–Crippen LogP) is 3.62. The van der Waals surface area contributed by atoms with Crippen LogP contribution in [-0.2, 0) is 0 Å². The van der Waals surface area contributed by atoms with Crippen molar-refractivity contribution in [1.29, 1.82) is 0 Å². The summed E-state index contributed by atoms with van der Waals surface area (Å²) in [6.45, 7) is 0. The first-order valence-corrected chi connectivity index (χ1v) is 7.03. The lowest BCUT2D eigenvalue weighted by molar-refractivity contribution is 0.178. The Morgan fingerprint density at radius 1 is 1.23 bits per heavy atom. The molecule has 0 saturated carbocycles. The van der Waals surface area contributed by atoms with Gasteiger partial charge in [0.2, 0.25) is 0 Å². The summed E-state index contributed by atoms with van der Waals surface area (Å²) in [6.07, 6.45) is 0. The lowest BCUT2D eigenvalue weighted by Crippen LogP contribution is -2.21. The quantitative estimate of drug-likeness (QED) is 0.726. The number of para-hydroxylation sites is 1. The first-order valence-electron chi connectivity index (χ1n) is 6.27. The number of ether oxygens (including phenoxy) is 1. The lowest BCUT2D eigenvalue weighted by Gasteiger charge is -2.11. The monoisotopic (exact) mass is 336 g/mol. The van der Waals surface area contributed by atoms with Crippen molar-refractivity contribution in [2.45, 2.75) is 0 Å². The summed E-state index contributed by atoms with van der Waals surface area (Å²) in [4.78, 5) is 16.6. The van der Waals surface area contributed by atoms with Crippen molar-refractivity contribution in [3.05, 3.63) is 56.8 Å². The molecule has 0 radical (unpaired) electrons. The van der Waals surface area contributed by atoms with Gasteiger partial charge in [0.1, 0.15) is 5.75 Å². The van der Waals surface area contributed by atoms with Crippen LogP contribution in [0.15, 0.2) is 41.2 Å². The fraction of sp³-hybridized carbons (Fsp3) is 0.0667. The number of hydrogen-bond acceptors (Lipinski definition) is 4. The zero-order chi connectivity index (χ0) is 15.9. The van der Waals surface area contributed by atoms with Gasteiger partial charge in [-0.05, 0) is 24.3 Å². The fourth-order valence-corrected chi connectivity index (χ4v) is 2.75. The molecule has 0 spiro atoms. The van der Waals surface area contributed by atoms with Crippen LogP contribution in [0.4, 0.5) is 0 Å². The summed E-state index contributed by atoms with van der Waals surface area (Å²) < 4.78 is 5.70. The summed E-state index contributed by atoms with van der Waals surface area (Å²) in [5.74, 6) is 0.515. The molecule has 3 rings (SSSR count).